The van der Waals surface area contributed by atoms with E-state index >= 15 is 0 Å². The van der Waals surface area contributed by atoms with Gasteiger partial charge in [0.15, 0.2) is 0 Å². The summed E-state index contributed by atoms with van der Waals surface area (Å²) in [6.45, 7) is 6.60. The van der Waals surface area contributed by atoms with Gasteiger partial charge in [0, 0.05) is 24.3 Å². The third-order valence-electron chi connectivity index (χ3n) is 3.41. The zero-order valence-corrected chi connectivity index (χ0v) is 12.8. The number of hydrogen-bond acceptors (Lipinski definition) is 2. The van der Waals surface area contributed by atoms with Crippen molar-refractivity contribution in [1.82, 2.24) is 0 Å². The second-order valence-corrected chi connectivity index (χ2v) is 5.06. The van der Waals surface area contributed by atoms with Crippen LogP contribution in [0.15, 0.2) is 48.5 Å². The third-order valence-corrected chi connectivity index (χ3v) is 3.41. The van der Waals surface area contributed by atoms with Crippen LogP contribution < -0.4 is 10.6 Å². The van der Waals surface area contributed by atoms with Gasteiger partial charge in [-0.1, -0.05) is 36.1 Å². The summed E-state index contributed by atoms with van der Waals surface area (Å²) in [6.07, 6.45) is 0. The van der Waals surface area contributed by atoms with Crippen LogP contribution in [0, 0.1) is 18.8 Å². The molecule has 0 bridgehead atoms. The maximum atomic E-state index is 5.39. The Hall–Kier alpha value is -2.24. The molecule has 2 rings (SSSR count). The molecule has 0 aliphatic carbocycles. The number of nitrogens with zero attached hydrogens (tertiary/aromatic N) is 1. The molecule has 0 unspecified atom stereocenters. The zero-order valence-electron chi connectivity index (χ0n) is 12.8. The molecule has 0 saturated heterocycles. The fraction of sp³-hybridized carbons (Fsp3) is 0.263. The molecule has 0 saturated carbocycles. The minimum atomic E-state index is 0.402. The van der Waals surface area contributed by atoms with Gasteiger partial charge in [0.1, 0.15) is 0 Å². The largest absolute Gasteiger partial charge is 0.367 e. The van der Waals surface area contributed by atoms with E-state index in [1.807, 2.05) is 0 Å². The van der Waals surface area contributed by atoms with Crippen LogP contribution in [0.1, 0.15) is 23.6 Å². The normalized spacial score (nSPS) is 9.86. The van der Waals surface area contributed by atoms with Gasteiger partial charge >= 0.3 is 0 Å². The molecule has 2 N–H and O–H groups in total. The number of hydrogen-bond donors (Lipinski definition) is 1. The van der Waals surface area contributed by atoms with Crippen LogP contribution >= 0.6 is 0 Å². The summed E-state index contributed by atoms with van der Waals surface area (Å²) in [6, 6.07) is 17.0. The first-order valence-electron chi connectivity index (χ1n) is 7.32. The Morgan fingerprint density at radius 2 is 1.86 bits per heavy atom. The maximum Gasteiger partial charge on any atom is 0.0555 e. The maximum absolute atomic E-state index is 5.39. The van der Waals surface area contributed by atoms with Crippen molar-refractivity contribution in [3.63, 3.8) is 0 Å². The monoisotopic (exact) mass is 278 g/mol. The molecule has 2 aromatic carbocycles. The summed E-state index contributed by atoms with van der Waals surface area (Å²) in [7, 11) is 0. The Morgan fingerprint density at radius 3 is 2.48 bits per heavy atom. The van der Waals surface area contributed by atoms with E-state index in [0.29, 0.717) is 6.54 Å². The minimum Gasteiger partial charge on any atom is -0.367 e. The standard InChI is InChI=1S/C19H22N2/c1-3-21(19-8-4-6-16(2)14-19)15-18-11-9-17(10-12-18)7-5-13-20/h4,6,8-12,14H,3,13,15,20H2,1-2H3. The van der Waals surface area contributed by atoms with Crippen molar-refractivity contribution in [3.8, 4) is 11.8 Å². The summed E-state index contributed by atoms with van der Waals surface area (Å²) < 4.78 is 0. The van der Waals surface area contributed by atoms with Crippen molar-refractivity contribution in [3.05, 3.63) is 65.2 Å². The van der Waals surface area contributed by atoms with Crippen LogP contribution in [0.2, 0.25) is 0 Å². The van der Waals surface area contributed by atoms with Gasteiger partial charge in [0.25, 0.3) is 0 Å². The quantitative estimate of drug-likeness (QED) is 0.869. The summed E-state index contributed by atoms with van der Waals surface area (Å²) >= 11 is 0. The molecule has 2 aromatic rings. The first-order chi connectivity index (χ1) is 10.2. The highest BCUT2D eigenvalue weighted by atomic mass is 15.1. The van der Waals surface area contributed by atoms with E-state index in [1.54, 1.807) is 0 Å². The van der Waals surface area contributed by atoms with E-state index in [4.69, 9.17) is 5.73 Å². The predicted octanol–water partition coefficient (Wildman–Crippen LogP) is 3.33. The summed E-state index contributed by atoms with van der Waals surface area (Å²) in [5, 5.41) is 0. The molecule has 0 aromatic heterocycles. The molecule has 108 valence electrons. The number of rotatable bonds is 4. The zero-order chi connectivity index (χ0) is 15.1. The summed E-state index contributed by atoms with van der Waals surface area (Å²) in [5.74, 6) is 5.92. The first-order valence-corrected chi connectivity index (χ1v) is 7.32. The van der Waals surface area contributed by atoms with E-state index in [2.05, 4.69) is 79.1 Å². The van der Waals surface area contributed by atoms with Crippen LogP contribution in [0.5, 0.6) is 0 Å². The third kappa shape index (κ3) is 4.37. The van der Waals surface area contributed by atoms with E-state index in [-0.39, 0.29) is 0 Å². The summed E-state index contributed by atoms with van der Waals surface area (Å²) in [5.41, 5.74) is 10.2. The molecule has 0 amide bonds. The van der Waals surface area contributed by atoms with Gasteiger partial charge in [-0.3, -0.25) is 0 Å². The molecule has 0 radical (unpaired) electrons. The molecular weight excluding hydrogens is 256 g/mol. The SMILES string of the molecule is CCN(Cc1ccc(C#CCN)cc1)c1cccc(C)c1. The Kier molecular flexibility index (Phi) is 5.43. The molecule has 21 heavy (non-hydrogen) atoms. The molecule has 0 atom stereocenters. The van der Waals surface area contributed by atoms with Crippen LogP contribution in [-0.2, 0) is 6.54 Å². The Morgan fingerprint density at radius 1 is 1.10 bits per heavy atom. The number of anilines is 1. The van der Waals surface area contributed by atoms with Gasteiger partial charge in [-0.05, 0) is 49.2 Å². The lowest BCUT2D eigenvalue weighted by Gasteiger charge is -2.23. The van der Waals surface area contributed by atoms with Crippen molar-refractivity contribution in [2.75, 3.05) is 18.0 Å². The van der Waals surface area contributed by atoms with Crippen molar-refractivity contribution < 1.29 is 0 Å². The smallest absolute Gasteiger partial charge is 0.0555 e. The topological polar surface area (TPSA) is 29.3 Å². The predicted molar refractivity (Wildman–Crippen MR) is 90.3 cm³/mol. The number of aryl methyl sites for hydroxylation is 1. The average molecular weight is 278 g/mol. The lowest BCUT2D eigenvalue weighted by atomic mass is 10.1. The molecule has 0 fully saturated rings. The highest BCUT2D eigenvalue weighted by Gasteiger charge is 2.05. The van der Waals surface area contributed by atoms with Gasteiger partial charge in [-0.15, -0.1) is 0 Å². The van der Waals surface area contributed by atoms with E-state index in [0.717, 1.165) is 18.7 Å². The minimum absolute atomic E-state index is 0.402. The van der Waals surface area contributed by atoms with Gasteiger partial charge in [0.05, 0.1) is 6.54 Å². The van der Waals surface area contributed by atoms with Crippen LogP contribution in [0.4, 0.5) is 5.69 Å². The van der Waals surface area contributed by atoms with Crippen molar-refractivity contribution in [2.45, 2.75) is 20.4 Å². The molecule has 2 nitrogen and oxygen atoms in total. The molecular formula is C19H22N2. The molecule has 2 heteroatoms. The highest BCUT2D eigenvalue weighted by Crippen LogP contribution is 2.18. The highest BCUT2D eigenvalue weighted by molar-refractivity contribution is 5.49. The van der Waals surface area contributed by atoms with E-state index in [1.165, 1.54) is 16.8 Å². The van der Waals surface area contributed by atoms with Crippen molar-refractivity contribution in [1.29, 1.82) is 0 Å². The van der Waals surface area contributed by atoms with E-state index in [9.17, 15) is 0 Å². The fourth-order valence-electron chi connectivity index (χ4n) is 2.28. The second kappa shape index (κ2) is 7.52. The molecule has 0 aliphatic rings. The van der Waals surface area contributed by atoms with Gasteiger partial charge in [0.2, 0.25) is 0 Å². The second-order valence-electron chi connectivity index (χ2n) is 5.06. The molecule has 0 heterocycles. The number of nitrogens with two attached hydrogens (primary N) is 1. The van der Waals surface area contributed by atoms with E-state index < -0.39 is 0 Å². The molecule has 0 spiro atoms. The van der Waals surface area contributed by atoms with Gasteiger partial charge in [-0.2, -0.15) is 0 Å². The van der Waals surface area contributed by atoms with Gasteiger partial charge in [-0.25, -0.2) is 0 Å². The fourth-order valence-corrected chi connectivity index (χ4v) is 2.28. The Balaban J connectivity index is 2.11. The Bertz CT molecular complexity index is 633. The number of benzene rings is 2. The van der Waals surface area contributed by atoms with Crippen LogP contribution in [0.25, 0.3) is 0 Å². The van der Waals surface area contributed by atoms with Crippen LogP contribution in [-0.4, -0.2) is 13.1 Å². The molecule has 0 aliphatic heterocycles. The van der Waals surface area contributed by atoms with Crippen molar-refractivity contribution >= 4 is 5.69 Å². The lowest BCUT2D eigenvalue weighted by Crippen LogP contribution is -2.21. The van der Waals surface area contributed by atoms with Crippen molar-refractivity contribution in [2.24, 2.45) is 5.73 Å². The lowest BCUT2D eigenvalue weighted by molar-refractivity contribution is 0.831. The first kappa shape index (κ1) is 15.2. The van der Waals surface area contributed by atoms with Crippen LogP contribution in [0.3, 0.4) is 0 Å². The Labute approximate surface area is 127 Å². The average Bonchev–Trinajstić information content (AvgIpc) is 2.51. The van der Waals surface area contributed by atoms with Gasteiger partial charge < -0.3 is 10.6 Å². The summed E-state index contributed by atoms with van der Waals surface area (Å²) in [4.78, 5) is 2.37.